The molecule has 12 nitrogen and oxygen atoms in total. The maximum Gasteiger partial charge on any atom is 0 e. The van der Waals surface area contributed by atoms with Crippen LogP contribution in [-0.2, 0) is 60.3 Å². The third-order valence-electron chi connectivity index (χ3n) is 0.371. The Balaban J connectivity index is -0.0000000508. The van der Waals surface area contributed by atoms with E-state index in [1.807, 2.05) is 0 Å². The number of hydrogen-bond donors (Lipinski definition) is 4. The van der Waals surface area contributed by atoms with Gasteiger partial charge in [0.05, 0.1) is 0 Å². The average molecular weight is 657 g/mol. The van der Waals surface area contributed by atoms with Crippen LogP contribution in [0.4, 0.5) is 0 Å². The van der Waals surface area contributed by atoms with E-state index in [0.29, 0.717) is 0 Å². The van der Waals surface area contributed by atoms with Crippen LogP contribution in [0.2, 0.25) is 0 Å². The van der Waals surface area contributed by atoms with E-state index in [4.69, 9.17) is 39.6 Å². The van der Waals surface area contributed by atoms with Gasteiger partial charge in [-0.1, -0.05) is 0 Å². The zero-order valence-corrected chi connectivity index (χ0v) is 21.4. The summed E-state index contributed by atoms with van der Waals surface area (Å²) in [6.07, 6.45) is 0. The fourth-order valence-electron chi connectivity index (χ4n) is 0.138. The van der Waals surface area contributed by atoms with Crippen molar-refractivity contribution in [2.45, 2.75) is 41.5 Å². The first-order valence-electron chi connectivity index (χ1n) is 5.94. The molecule has 0 spiro atoms. The summed E-state index contributed by atoms with van der Waals surface area (Å²) in [5, 5.41) is 29.7. The summed E-state index contributed by atoms with van der Waals surface area (Å²) in [5.74, 6) is -4.08. The Hall–Kier alpha value is -1.37. The van der Waals surface area contributed by atoms with Gasteiger partial charge in [-0.05, 0) is 0 Å². The molecule has 0 saturated carbocycles. The Kier molecular flexibility index (Phi) is 47.9. The molecule has 0 heterocycles. The molecule has 0 atom stereocenters. The molecule has 4 N–H and O–H groups in total. The van der Waals surface area contributed by atoms with Gasteiger partial charge in [-0.25, -0.2) is 0 Å². The van der Waals surface area contributed by atoms with Crippen molar-refractivity contribution in [1.29, 1.82) is 0 Å². The molecule has 0 aliphatic heterocycles. The van der Waals surface area contributed by atoms with E-state index < -0.39 is 49.0 Å². The first-order valence-corrected chi connectivity index (χ1v) is 9.11. The molecule has 0 bridgehead atoms. The molecule has 0 rings (SSSR count). The van der Waals surface area contributed by atoms with Crippen molar-refractivity contribution >= 4 is 61.0 Å². The minimum Gasteiger partial charge on any atom is 0 e. The van der Waals surface area contributed by atoms with E-state index in [2.05, 4.69) is 5.37 Å². The zero-order valence-electron chi connectivity index (χ0n) is 15.1. The van der Waals surface area contributed by atoms with Crippen molar-refractivity contribution in [3.8, 4) is 0 Å². The van der Waals surface area contributed by atoms with Gasteiger partial charge < -0.3 is 20.4 Å². The molecular formula is C12H22O12PbZr. The third-order valence-corrected chi connectivity index (χ3v) is 3.25. The standard InChI is InChI=1S/6C2H4O2.Pb.Zr/c6*1-2(3)4;;/h6*1H3,(H,3,4);;/q;;;;;;+2;/p-2. The molecule has 0 amide bonds. The Bertz CT molecular complexity index is 346. The van der Waals surface area contributed by atoms with Gasteiger partial charge in [-0.2, -0.15) is 0 Å². The van der Waals surface area contributed by atoms with Gasteiger partial charge in [0.15, 0.2) is 0 Å². The fraction of sp³-hybridized carbons (Fsp3) is 0.500. The van der Waals surface area contributed by atoms with Crippen molar-refractivity contribution in [2.24, 2.45) is 0 Å². The second-order valence-corrected chi connectivity index (χ2v) is 5.58. The summed E-state index contributed by atoms with van der Waals surface area (Å²) in [6.45, 7) is 6.91. The minimum atomic E-state index is -1.82. The van der Waals surface area contributed by atoms with Crippen LogP contribution >= 0.6 is 0 Å². The van der Waals surface area contributed by atoms with Crippen LogP contribution in [0.1, 0.15) is 41.5 Å². The maximum absolute atomic E-state index is 10.1. The van der Waals surface area contributed by atoms with E-state index in [-0.39, 0.29) is 38.1 Å². The van der Waals surface area contributed by atoms with Gasteiger partial charge in [0.25, 0.3) is 23.9 Å². The molecule has 2 radical (unpaired) electrons. The first kappa shape index (κ1) is 39.6. The molecule has 26 heavy (non-hydrogen) atoms. The second-order valence-electron chi connectivity index (χ2n) is 3.35. The SMILES string of the molecule is CC(=O)O.CC(=O)O.CC(=O)O.CC(=O)O.CC(=O)[O][Pb][O]C(C)=O.[Zr]. The number of hydrogen-bond acceptors (Lipinski definition) is 8. The van der Waals surface area contributed by atoms with Crippen LogP contribution in [0.5, 0.6) is 0 Å². The quantitative estimate of drug-likeness (QED) is 0.291. The van der Waals surface area contributed by atoms with Gasteiger partial charge in [0, 0.05) is 53.9 Å². The van der Waals surface area contributed by atoms with Crippen molar-refractivity contribution in [2.75, 3.05) is 0 Å². The molecule has 0 aromatic heterocycles. The normalized spacial score (nSPS) is 6.69. The van der Waals surface area contributed by atoms with E-state index >= 15 is 0 Å². The molecule has 0 aromatic rings. The Labute approximate surface area is 182 Å². The average Bonchev–Trinajstić information content (AvgIpc) is 2.23. The Morgan fingerprint density at radius 3 is 0.731 bits per heavy atom. The van der Waals surface area contributed by atoms with E-state index in [1.54, 1.807) is 0 Å². The minimum absolute atomic E-state index is 0. The number of carboxylic acid groups (broad SMARTS) is 4. The van der Waals surface area contributed by atoms with Gasteiger partial charge in [-0.15, -0.1) is 0 Å². The van der Waals surface area contributed by atoms with Crippen LogP contribution in [0.25, 0.3) is 0 Å². The molecule has 14 heteroatoms. The largest absolute Gasteiger partial charge is 0 e. The summed E-state index contributed by atoms with van der Waals surface area (Å²) in [5.41, 5.74) is 0. The summed E-state index contributed by atoms with van der Waals surface area (Å²) < 4.78 is 8.93. The van der Waals surface area contributed by atoms with Gasteiger partial charge >= 0.3 is 65.9 Å². The fourth-order valence-corrected chi connectivity index (χ4v) is 1.21. The number of rotatable bonds is 2. The van der Waals surface area contributed by atoms with Gasteiger partial charge in [0.1, 0.15) is 0 Å². The number of aliphatic carboxylic acids is 4. The van der Waals surface area contributed by atoms with Crippen molar-refractivity contribution in [3.05, 3.63) is 0 Å². The van der Waals surface area contributed by atoms with Crippen LogP contribution in [0, 0.1) is 0 Å². The number of carboxylic acids is 4. The monoisotopic (exact) mass is 656 g/mol. The molecular weight excluding hydrogens is 635 g/mol. The summed E-state index contributed by atoms with van der Waals surface area (Å²) >= 11 is -1.82. The van der Waals surface area contributed by atoms with E-state index in [0.717, 1.165) is 27.7 Å². The van der Waals surface area contributed by atoms with Crippen LogP contribution in [0.3, 0.4) is 0 Å². The third kappa shape index (κ3) is 495. The van der Waals surface area contributed by atoms with Crippen LogP contribution in [-0.4, -0.2) is 81.4 Å². The van der Waals surface area contributed by atoms with E-state index in [9.17, 15) is 9.59 Å². The maximum atomic E-state index is 10.1. The van der Waals surface area contributed by atoms with Crippen molar-refractivity contribution < 1.29 is 80.8 Å². The van der Waals surface area contributed by atoms with Gasteiger partial charge in [-0.3, -0.25) is 19.2 Å². The molecule has 150 valence electrons. The molecule has 0 aliphatic carbocycles. The predicted molar refractivity (Wildman–Crippen MR) is 82.5 cm³/mol. The van der Waals surface area contributed by atoms with E-state index in [1.165, 1.54) is 13.8 Å². The van der Waals surface area contributed by atoms with Gasteiger partial charge in [0.2, 0.25) is 0 Å². The van der Waals surface area contributed by atoms with Crippen molar-refractivity contribution in [1.82, 2.24) is 0 Å². The predicted octanol–water partition coefficient (Wildman–Crippen LogP) is 0.00790. The summed E-state index contributed by atoms with van der Waals surface area (Å²) in [6, 6.07) is 0. The molecule has 0 aliphatic rings. The molecule has 0 unspecified atom stereocenters. The summed E-state index contributed by atoms with van der Waals surface area (Å²) in [7, 11) is 0. The Morgan fingerprint density at radius 1 is 0.538 bits per heavy atom. The summed E-state index contributed by atoms with van der Waals surface area (Å²) in [4.78, 5) is 56.1. The molecule has 0 fully saturated rings. The number of carbonyl (C=O) groups excluding carboxylic acids is 2. The first-order chi connectivity index (χ1) is 11.1. The zero-order chi connectivity index (χ0) is 21.6. The van der Waals surface area contributed by atoms with Crippen LogP contribution < -0.4 is 0 Å². The molecule has 0 saturated heterocycles. The Morgan fingerprint density at radius 2 is 0.654 bits per heavy atom. The topological polar surface area (TPSA) is 202 Å². The van der Waals surface area contributed by atoms with Crippen LogP contribution in [0.15, 0.2) is 0 Å². The molecule has 0 aromatic carbocycles. The second kappa shape index (κ2) is 31.4. The number of carbonyl (C=O) groups is 6. The smallest absolute Gasteiger partial charge is 0 e. The van der Waals surface area contributed by atoms with Crippen molar-refractivity contribution in [3.63, 3.8) is 0 Å².